The molecule has 0 spiro atoms. The normalized spacial score (nSPS) is 16.6. The van der Waals surface area contributed by atoms with Gasteiger partial charge < -0.3 is 5.32 Å². The fourth-order valence-electron chi connectivity index (χ4n) is 3.22. The van der Waals surface area contributed by atoms with Crippen LogP contribution in [0.25, 0.3) is 0 Å². The van der Waals surface area contributed by atoms with Crippen LogP contribution in [-0.2, 0) is 24.2 Å². The maximum absolute atomic E-state index is 12.3. The van der Waals surface area contributed by atoms with Gasteiger partial charge >= 0.3 is 0 Å². The Morgan fingerprint density at radius 3 is 2.72 bits per heavy atom. The summed E-state index contributed by atoms with van der Waals surface area (Å²) in [6.07, 6.45) is 2.84. The highest BCUT2D eigenvalue weighted by Gasteiger charge is 2.18. The van der Waals surface area contributed by atoms with Crippen molar-refractivity contribution in [3.8, 4) is 0 Å². The quantitative estimate of drug-likeness (QED) is 0.931. The minimum atomic E-state index is -0.240. The third-order valence-corrected chi connectivity index (χ3v) is 4.76. The summed E-state index contributed by atoms with van der Waals surface area (Å²) in [4.78, 5) is 24.5. The van der Waals surface area contributed by atoms with Crippen molar-refractivity contribution in [2.45, 2.75) is 52.5 Å². The monoisotopic (exact) mass is 339 g/mol. The van der Waals surface area contributed by atoms with E-state index in [1.807, 2.05) is 24.3 Å². The Morgan fingerprint density at radius 1 is 1.32 bits per heavy atom. The molecule has 0 bridgehead atoms. The second kappa shape index (κ2) is 7.21. The molecule has 0 fully saturated rings. The molecule has 0 saturated carbocycles. The van der Waals surface area contributed by atoms with Gasteiger partial charge in [0.05, 0.1) is 5.69 Å². The van der Waals surface area contributed by atoms with Crippen LogP contribution in [0.4, 0.5) is 5.69 Å². The van der Waals surface area contributed by atoms with Crippen molar-refractivity contribution in [3.63, 3.8) is 0 Å². The summed E-state index contributed by atoms with van der Waals surface area (Å²) in [5, 5.41) is 7.24. The Bertz CT molecular complexity index is 822. The number of rotatable bonds is 4. The summed E-state index contributed by atoms with van der Waals surface area (Å²) in [7, 11) is 0. The standard InChI is InChI=1S/C20H25N3O2/c1-13(2)15-5-7-17(8-6-15)21-19(24)12-23-20(25)11-16-10-14(3)4-9-18(16)22-23/h5-8,11,13-14H,4,9-10,12H2,1-3H3,(H,21,24)/t14-/m1/s1. The minimum Gasteiger partial charge on any atom is -0.324 e. The smallest absolute Gasteiger partial charge is 0.267 e. The van der Waals surface area contributed by atoms with Gasteiger partial charge in [0.2, 0.25) is 5.91 Å². The molecule has 1 N–H and O–H groups in total. The summed E-state index contributed by atoms with van der Waals surface area (Å²) in [6, 6.07) is 9.42. The predicted octanol–water partition coefficient (Wildman–Crippen LogP) is 3.13. The summed E-state index contributed by atoms with van der Waals surface area (Å²) < 4.78 is 1.27. The van der Waals surface area contributed by atoms with Crippen LogP contribution in [0.15, 0.2) is 35.1 Å². The van der Waals surface area contributed by atoms with Crippen LogP contribution in [0.5, 0.6) is 0 Å². The van der Waals surface area contributed by atoms with E-state index in [9.17, 15) is 9.59 Å². The zero-order valence-corrected chi connectivity index (χ0v) is 15.1. The van der Waals surface area contributed by atoms with Crippen molar-refractivity contribution in [1.29, 1.82) is 0 Å². The lowest BCUT2D eigenvalue weighted by atomic mass is 9.88. The molecule has 1 amide bonds. The van der Waals surface area contributed by atoms with Gasteiger partial charge in [0.1, 0.15) is 6.54 Å². The molecule has 1 aliphatic rings. The lowest BCUT2D eigenvalue weighted by molar-refractivity contribution is -0.117. The molecular formula is C20H25N3O2. The van der Waals surface area contributed by atoms with E-state index in [1.54, 1.807) is 6.07 Å². The van der Waals surface area contributed by atoms with Gasteiger partial charge in [-0.3, -0.25) is 9.59 Å². The van der Waals surface area contributed by atoms with E-state index in [0.717, 1.165) is 36.2 Å². The molecule has 0 aliphatic heterocycles. The van der Waals surface area contributed by atoms with Crippen molar-refractivity contribution in [1.82, 2.24) is 9.78 Å². The number of nitrogens with zero attached hydrogens (tertiary/aromatic N) is 2. The highest BCUT2D eigenvalue weighted by atomic mass is 16.2. The van der Waals surface area contributed by atoms with E-state index >= 15 is 0 Å². The number of carbonyl (C=O) groups is 1. The molecule has 0 radical (unpaired) electrons. The first-order chi connectivity index (χ1) is 11.9. The molecule has 1 atom stereocenters. The van der Waals surface area contributed by atoms with Gasteiger partial charge in [0.15, 0.2) is 0 Å². The zero-order chi connectivity index (χ0) is 18.0. The molecule has 5 nitrogen and oxygen atoms in total. The summed E-state index contributed by atoms with van der Waals surface area (Å²) in [6.45, 7) is 6.38. The van der Waals surface area contributed by atoms with E-state index in [-0.39, 0.29) is 18.0 Å². The largest absolute Gasteiger partial charge is 0.324 e. The van der Waals surface area contributed by atoms with Gasteiger partial charge in [-0.2, -0.15) is 5.10 Å². The fraction of sp³-hybridized carbons (Fsp3) is 0.450. The number of amides is 1. The van der Waals surface area contributed by atoms with Crippen molar-refractivity contribution < 1.29 is 4.79 Å². The number of nitrogens with one attached hydrogen (secondary N) is 1. The Labute approximate surface area is 148 Å². The molecule has 1 aromatic heterocycles. The second-order valence-electron chi connectivity index (χ2n) is 7.29. The third kappa shape index (κ3) is 4.16. The molecule has 0 saturated heterocycles. The number of hydrogen-bond acceptors (Lipinski definition) is 3. The average Bonchev–Trinajstić information content (AvgIpc) is 2.56. The van der Waals surface area contributed by atoms with Crippen molar-refractivity contribution >= 4 is 11.6 Å². The van der Waals surface area contributed by atoms with Crippen LogP contribution in [0.1, 0.15) is 49.9 Å². The highest BCUT2D eigenvalue weighted by molar-refractivity contribution is 5.90. The van der Waals surface area contributed by atoms with Crippen LogP contribution in [0, 0.1) is 5.92 Å². The van der Waals surface area contributed by atoms with Crippen LogP contribution in [0.3, 0.4) is 0 Å². The van der Waals surface area contributed by atoms with Gasteiger partial charge in [-0.05, 0) is 54.4 Å². The lowest BCUT2D eigenvalue weighted by Gasteiger charge is -2.20. The fourth-order valence-corrected chi connectivity index (χ4v) is 3.22. The maximum atomic E-state index is 12.3. The van der Waals surface area contributed by atoms with E-state index in [4.69, 9.17) is 0 Å². The number of anilines is 1. The number of aryl methyl sites for hydroxylation is 1. The van der Waals surface area contributed by atoms with Crippen molar-refractivity contribution in [2.75, 3.05) is 5.32 Å². The number of benzene rings is 1. The summed E-state index contributed by atoms with van der Waals surface area (Å²) >= 11 is 0. The average molecular weight is 339 g/mol. The zero-order valence-electron chi connectivity index (χ0n) is 15.1. The molecule has 25 heavy (non-hydrogen) atoms. The van der Waals surface area contributed by atoms with Crippen LogP contribution >= 0.6 is 0 Å². The molecule has 3 rings (SSSR count). The molecule has 5 heteroatoms. The Kier molecular flexibility index (Phi) is 5.02. The van der Waals surface area contributed by atoms with E-state index < -0.39 is 0 Å². The van der Waals surface area contributed by atoms with Crippen LogP contribution in [0.2, 0.25) is 0 Å². The molecule has 2 aromatic rings. The Hall–Kier alpha value is -2.43. The molecule has 132 valence electrons. The van der Waals surface area contributed by atoms with Crippen LogP contribution < -0.4 is 10.9 Å². The molecule has 1 heterocycles. The first-order valence-corrected chi connectivity index (χ1v) is 8.92. The minimum absolute atomic E-state index is 0.0619. The molecule has 0 unspecified atom stereocenters. The third-order valence-electron chi connectivity index (χ3n) is 4.76. The summed E-state index contributed by atoms with van der Waals surface area (Å²) in [5.74, 6) is 0.795. The molecule has 1 aliphatic carbocycles. The van der Waals surface area contributed by atoms with Gasteiger partial charge in [0, 0.05) is 11.8 Å². The maximum Gasteiger partial charge on any atom is 0.267 e. The van der Waals surface area contributed by atoms with E-state index in [0.29, 0.717) is 11.8 Å². The SMILES string of the molecule is CC(C)c1ccc(NC(=O)Cn2nc3c(cc2=O)C[C@H](C)CC3)cc1. The number of hydrogen-bond donors (Lipinski definition) is 1. The van der Waals surface area contributed by atoms with Gasteiger partial charge in [-0.1, -0.05) is 32.9 Å². The van der Waals surface area contributed by atoms with Gasteiger partial charge in [-0.25, -0.2) is 4.68 Å². The predicted molar refractivity (Wildman–Crippen MR) is 98.8 cm³/mol. The van der Waals surface area contributed by atoms with E-state index in [2.05, 4.69) is 31.2 Å². The topological polar surface area (TPSA) is 64.0 Å². The van der Waals surface area contributed by atoms with Crippen LogP contribution in [-0.4, -0.2) is 15.7 Å². The van der Waals surface area contributed by atoms with Crippen molar-refractivity contribution in [3.05, 3.63) is 57.5 Å². The van der Waals surface area contributed by atoms with Crippen molar-refractivity contribution in [2.24, 2.45) is 5.92 Å². The number of aromatic nitrogens is 2. The number of carbonyl (C=O) groups excluding carboxylic acids is 1. The highest BCUT2D eigenvalue weighted by Crippen LogP contribution is 2.22. The number of fused-ring (bicyclic) bond motifs is 1. The molecule has 1 aromatic carbocycles. The summed E-state index contributed by atoms with van der Waals surface area (Å²) in [5.41, 5.74) is 3.73. The second-order valence-corrected chi connectivity index (χ2v) is 7.29. The van der Waals surface area contributed by atoms with Gasteiger partial charge in [0.25, 0.3) is 5.56 Å². The lowest BCUT2D eigenvalue weighted by Crippen LogP contribution is -2.32. The molecular weight excluding hydrogens is 314 g/mol. The van der Waals surface area contributed by atoms with E-state index in [1.165, 1.54) is 10.2 Å². The first kappa shape index (κ1) is 17.4. The van der Waals surface area contributed by atoms with Gasteiger partial charge in [-0.15, -0.1) is 0 Å². The first-order valence-electron chi connectivity index (χ1n) is 8.92. The Balaban J connectivity index is 1.69. The Morgan fingerprint density at radius 2 is 2.04 bits per heavy atom.